The molecule has 0 bridgehead atoms. The number of benzene rings is 1. The summed E-state index contributed by atoms with van der Waals surface area (Å²) in [6.45, 7) is 11.4. The van der Waals surface area contributed by atoms with Crippen molar-refractivity contribution in [3.8, 4) is 0 Å². The van der Waals surface area contributed by atoms with Gasteiger partial charge in [0.15, 0.2) is 0 Å². The highest BCUT2D eigenvalue weighted by Crippen LogP contribution is 2.39. The molecule has 2 aromatic rings. The fraction of sp³-hybridized carbons (Fsp3) is 0.500. The Morgan fingerprint density at radius 3 is 2.70 bits per heavy atom. The SMILES string of the molecule is C[C@@H]1CN(CC(=O)N2CC(C)(C)c3ncc(Cc4ccc(F)cc4)cc32)[C@@H](C)CN1. The molecule has 0 saturated carbocycles. The Hall–Kier alpha value is -2.31. The first-order valence-corrected chi connectivity index (χ1v) is 10.7. The van der Waals surface area contributed by atoms with E-state index in [2.05, 4.69) is 44.0 Å². The van der Waals surface area contributed by atoms with Gasteiger partial charge in [-0.15, -0.1) is 0 Å². The van der Waals surface area contributed by atoms with Crippen LogP contribution in [-0.4, -0.2) is 54.1 Å². The highest BCUT2D eigenvalue weighted by Gasteiger charge is 2.40. The maximum Gasteiger partial charge on any atom is 0.241 e. The van der Waals surface area contributed by atoms with Crippen molar-refractivity contribution < 1.29 is 9.18 Å². The second kappa shape index (κ2) is 8.08. The molecule has 1 aromatic heterocycles. The van der Waals surface area contributed by atoms with Crippen molar-refractivity contribution in [1.29, 1.82) is 0 Å². The Labute approximate surface area is 178 Å². The third-order valence-corrected chi connectivity index (χ3v) is 6.26. The molecule has 5 nitrogen and oxygen atoms in total. The summed E-state index contributed by atoms with van der Waals surface area (Å²) in [4.78, 5) is 22.2. The topological polar surface area (TPSA) is 48.5 Å². The Balaban J connectivity index is 1.56. The van der Waals surface area contributed by atoms with E-state index in [1.807, 2.05) is 11.1 Å². The van der Waals surface area contributed by atoms with E-state index in [0.717, 1.165) is 35.6 Å². The number of hydrogen-bond acceptors (Lipinski definition) is 4. The minimum Gasteiger partial charge on any atom is -0.311 e. The standard InChI is InChI=1S/C24H31FN4O/c1-16-13-28(17(2)11-26-16)14-22(30)29-15-24(3,4)23-21(29)10-19(12-27-23)9-18-5-7-20(25)8-6-18/h5-8,10,12,16-17,26H,9,11,13-15H2,1-4H3/t16-,17+/m1/s1. The molecule has 0 spiro atoms. The van der Waals surface area contributed by atoms with E-state index in [-0.39, 0.29) is 17.1 Å². The van der Waals surface area contributed by atoms with Crippen molar-refractivity contribution in [1.82, 2.24) is 15.2 Å². The number of piperazine rings is 1. The maximum atomic E-state index is 13.3. The van der Waals surface area contributed by atoms with Crippen molar-refractivity contribution in [2.24, 2.45) is 0 Å². The van der Waals surface area contributed by atoms with E-state index in [9.17, 15) is 9.18 Å². The summed E-state index contributed by atoms with van der Waals surface area (Å²) in [6, 6.07) is 9.35. The zero-order valence-electron chi connectivity index (χ0n) is 18.3. The fourth-order valence-electron chi connectivity index (χ4n) is 4.51. The molecule has 2 aliphatic heterocycles. The molecule has 1 N–H and O–H groups in total. The van der Waals surface area contributed by atoms with E-state index < -0.39 is 0 Å². The highest BCUT2D eigenvalue weighted by molar-refractivity contribution is 5.97. The van der Waals surface area contributed by atoms with Crippen molar-refractivity contribution >= 4 is 11.6 Å². The minimum absolute atomic E-state index is 0.128. The van der Waals surface area contributed by atoms with Crippen LogP contribution in [0, 0.1) is 5.82 Å². The van der Waals surface area contributed by atoms with Gasteiger partial charge < -0.3 is 10.2 Å². The molecule has 3 heterocycles. The van der Waals surface area contributed by atoms with Crippen LogP contribution in [0.25, 0.3) is 0 Å². The number of carbonyl (C=O) groups is 1. The largest absolute Gasteiger partial charge is 0.311 e. The number of fused-ring (bicyclic) bond motifs is 1. The zero-order valence-corrected chi connectivity index (χ0v) is 18.3. The molecule has 2 aliphatic rings. The van der Waals surface area contributed by atoms with E-state index in [1.54, 1.807) is 12.1 Å². The van der Waals surface area contributed by atoms with Gasteiger partial charge in [0.1, 0.15) is 5.82 Å². The van der Waals surface area contributed by atoms with E-state index in [0.29, 0.717) is 31.6 Å². The fourth-order valence-corrected chi connectivity index (χ4v) is 4.51. The lowest BCUT2D eigenvalue weighted by molar-refractivity contribution is -0.120. The first-order chi connectivity index (χ1) is 14.2. The van der Waals surface area contributed by atoms with Gasteiger partial charge in [-0.2, -0.15) is 0 Å². The normalized spacial score (nSPS) is 23.4. The third-order valence-electron chi connectivity index (χ3n) is 6.26. The molecule has 0 aliphatic carbocycles. The quantitative estimate of drug-likeness (QED) is 0.842. The van der Waals surface area contributed by atoms with Gasteiger partial charge >= 0.3 is 0 Å². The predicted molar refractivity (Wildman–Crippen MR) is 117 cm³/mol. The monoisotopic (exact) mass is 410 g/mol. The molecule has 4 rings (SSSR count). The lowest BCUT2D eigenvalue weighted by Crippen LogP contribution is -2.56. The second-order valence-electron chi connectivity index (χ2n) is 9.47. The van der Waals surface area contributed by atoms with E-state index >= 15 is 0 Å². The van der Waals surface area contributed by atoms with Crippen LogP contribution in [0.15, 0.2) is 36.5 Å². The summed E-state index contributed by atoms with van der Waals surface area (Å²) in [7, 11) is 0. The Morgan fingerprint density at radius 2 is 1.97 bits per heavy atom. The van der Waals surface area contributed by atoms with Gasteiger partial charge in [-0.25, -0.2) is 4.39 Å². The molecule has 0 unspecified atom stereocenters. The van der Waals surface area contributed by atoms with Crippen LogP contribution in [-0.2, 0) is 16.6 Å². The molecule has 1 amide bonds. The maximum absolute atomic E-state index is 13.3. The number of halogens is 1. The number of anilines is 1. The molecule has 1 fully saturated rings. The molecule has 160 valence electrons. The third kappa shape index (κ3) is 4.25. The number of carbonyl (C=O) groups excluding carboxylic acids is 1. The number of hydrogen-bond donors (Lipinski definition) is 1. The Bertz CT molecular complexity index is 927. The lowest BCUT2D eigenvalue weighted by Gasteiger charge is -2.37. The van der Waals surface area contributed by atoms with Crippen LogP contribution >= 0.6 is 0 Å². The van der Waals surface area contributed by atoms with Crippen LogP contribution in [0.5, 0.6) is 0 Å². The van der Waals surface area contributed by atoms with Gasteiger partial charge in [-0.1, -0.05) is 26.0 Å². The molecular weight excluding hydrogens is 379 g/mol. The number of nitrogens with one attached hydrogen (secondary N) is 1. The molecule has 30 heavy (non-hydrogen) atoms. The predicted octanol–water partition coefficient (Wildman–Crippen LogP) is 3.12. The van der Waals surface area contributed by atoms with Crippen LogP contribution in [0.3, 0.4) is 0 Å². The Kier molecular flexibility index (Phi) is 5.64. The Morgan fingerprint density at radius 1 is 1.23 bits per heavy atom. The van der Waals surface area contributed by atoms with E-state index in [1.165, 1.54) is 12.1 Å². The lowest BCUT2D eigenvalue weighted by atomic mass is 9.91. The van der Waals surface area contributed by atoms with Gasteiger partial charge in [-0.05, 0) is 49.6 Å². The summed E-state index contributed by atoms with van der Waals surface area (Å²) in [5, 5.41) is 3.47. The minimum atomic E-state index is -0.235. The molecule has 6 heteroatoms. The average Bonchev–Trinajstić information content (AvgIpc) is 2.97. The molecule has 1 saturated heterocycles. The van der Waals surface area contributed by atoms with Crippen LogP contribution < -0.4 is 10.2 Å². The van der Waals surface area contributed by atoms with Crippen LogP contribution in [0.4, 0.5) is 10.1 Å². The number of aromatic nitrogens is 1. The van der Waals surface area contributed by atoms with Crippen molar-refractivity contribution in [3.63, 3.8) is 0 Å². The summed E-state index contributed by atoms with van der Waals surface area (Å²) < 4.78 is 13.2. The van der Waals surface area contributed by atoms with E-state index in [4.69, 9.17) is 4.98 Å². The molecular formula is C24H31FN4O. The number of pyridine rings is 1. The van der Waals surface area contributed by atoms with Crippen molar-refractivity contribution in [2.75, 3.05) is 31.1 Å². The molecule has 2 atom stereocenters. The smallest absolute Gasteiger partial charge is 0.241 e. The van der Waals surface area contributed by atoms with Crippen LogP contribution in [0.2, 0.25) is 0 Å². The summed E-state index contributed by atoms with van der Waals surface area (Å²) >= 11 is 0. The van der Waals surface area contributed by atoms with Gasteiger partial charge in [0.2, 0.25) is 5.91 Å². The van der Waals surface area contributed by atoms with Gasteiger partial charge in [0.25, 0.3) is 0 Å². The van der Waals surface area contributed by atoms with Crippen LogP contribution in [0.1, 0.15) is 44.5 Å². The first-order valence-electron chi connectivity index (χ1n) is 10.7. The number of amides is 1. The van der Waals surface area contributed by atoms with Crippen molar-refractivity contribution in [2.45, 2.75) is 51.6 Å². The zero-order chi connectivity index (χ0) is 21.5. The average molecular weight is 411 g/mol. The number of nitrogens with zero attached hydrogens (tertiary/aromatic N) is 3. The van der Waals surface area contributed by atoms with Gasteiger partial charge in [-0.3, -0.25) is 14.7 Å². The molecule has 1 aromatic carbocycles. The summed E-state index contributed by atoms with van der Waals surface area (Å²) in [5.74, 6) is -0.107. The van der Waals surface area contributed by atoms with Gasteiger partial charge in [0, 0.05) is 43.3 Å². The van der Waals surface area contributed by atoms with Gasteiger partial charge in [0.05, 0.1) is 17.9 Å². The first kappa shape index (κ1) is 20.9. The number of rotatable bonds is 4. The second-order valence-corrected chi connectivity index (χ2v) is 9.47. The summed E-state index contributed by atoms with van der Waals surface area (Å²) in [6.07, 6.45) is 2.55. The molecule has 0 radical (unpaired) electrons. The van der Waals surface area contributed by atoms with Crippen molar-refractivity contribution in [3.05, 3.63) is 59.2 Å². The highest BCUT2D eigenvalue weighted by atomic mass is 19.1. The summed E-state index contributed by atoms with van der Waals surface area (Å²) in [5.41, 5.74) is 3.76.